The van der Waals surface area contributed by atoms with Crippen LogP contribution >= 0.6 is 0 Å². The molecule has 8 rings (SSSR count). The fourth-order valence-electron chi connectivity index (χ4n) is 7.16. The van der Waals surface area contributed by atoms with Crippen molar-refractivity contribution in [3.63, 3.8) is 0 Å². The Morgan fingerprint density at radius 3 is 1.97 bits per heavy atom. The highest BCUT2D eigenvalue weighted by atomic mass is 16.2. The minimum Gasteiger partial charge on any atom is -0.325 e. The smallest absolute Gasteiger partial charge is 0.240 e. The molecule has 4 aromatic carbocycles. The van der Waals surface area contributed by atoms with E-state index >= 15 is 0 Å². The van der Waals surface area contributed by atoms with Gasteiger partial charge in [-0.25, -0.2) is 4.90 Å². The largest absolute Gasteiger partial charge is 0.325 e. The van der Waals surface area contributed by atoms with E-state index in [-0.39, 0.29) is 23.6 Å². The van der Waals surface area contributed by atoms with E-state index in [0.717, 1.165) is 34.2 Å². The van der Waals surface area contributed by atoms with Gasteiger partial charge in [-0.3, -0.25) is 14.4 Å². The summed E-state index contributed by atoms with van der Waals surface area (Å²) in [7, 11) is 0. The fourth-order valence-corrected chi connectivity index (χ4v) is 7.16. The van der Waals surface area contributed by atoms with E-state index in [2.05, 4.69) is 12.2 Å². The number of imide groups is 1. The number of nitrogens with zero attached hydrogens (tertiary/aromatic N) is 1. The molecule has 192 valence electrons. The molecule has 2 atom stereocenters. The quantitative estimate of drug-likeness (QED) is 0.354. The van der Waals surface area contributed by atoms with Crippen molar-refractivity contribution in [1.29, 1.82) is 0 Å². The minimum absolute atomic E-state index is 0.243. The van der Waals surface area contributed by atoms with E-state index in [4.69, 9.17) is 0 Å². The number of anilines is 2. The van der Waals surface area contributed by atoms with Gasteiger partial charge in [0, 0.05) is 11.6 Å². The van der Waals surface area contributed by atoms with Gasteiger partial charge in [-0.1, -0.05) is 85.3 Å². The maximum atomic E-state index is 14.7. The Morgan fingerprint density at radius 1 is 0.795 bits per heavy atom. The first-order valence-corrected chi connectivity index (χ1v) is 13.5. The van der Waals surface area contributed by atoms with Crippen LogP contribution in [0.4, 0.5) is 11.4 Å². The Balaban J connectivity index is 1.46. The van der Waals surface area contributed by atoms with Gasteiger partial charge < -0.3 is 5.32 Å². The number of amides is 3. The zero-order chi connectivity index (χ0) is 26.9. The normalized spacial score (nSPS) is 24.3. The number of aryl methyl sites for hydroxylation is 2. The van der Waals surface area contributed by atoms with Gasteiger partial charge in [-0.15, -0.1) is 0 Å². The lowest BCUT2D eigenvalue weighted by Crippen LogP contribution is -2.59. The molecule has 5 nitrogen and oxygen atoms in total. The highest BCUT2D eigenvalue weighted by molar-refractivity contribution is 6.26. The van der Waals surface area contributed by atoms with E-state index in [9.17, 15) is 14.4 Å². The number of rotatable bonds is 4. The number of carbonyl (C=O) groups is 3. The predicted molar refractivity (Wildman–Crippen MR) is 151 cm³/mol. The molecule has 3 aliphatic carbocycles. The zero-order valence-electron chi connectivity index (χ0n) is 21.8. The van der Waals surface area contributed by atoms with E-state index in [1.807, 2.05) is 104 Å². The van der Waals surface area contributed by atoms with Crippen molar-refractivity contribution in [3.05, 3.63) is 130 Å². The van der Waals surface area contributed by atoms with Crippen molar-refractivity contribution < 1.29 is 14.4 Å². The summed E-state index contributed by atoms with van der Waals surface area (Å²) in [5, 5.41) is 3.15. The predicted octanol–water partition coefficient (Wildman–Crippen LogP) is 5.75. The zero-order valence-corrected chi connectivity index (χ0v) is 21.8. The van der Waals surface area contributed by atoms with Crippen LogP contribution in [0.1, 0.15) is 46.2 Å². The second-order valence-corrected chi connectivity index (χ2v) is 10.8. The van der Waals surface area contributed by atoms with Crippen LogP contribution in [0.25, 0.3) is 0 Å². The van der Waals surface area contributed by atoms with Crippen molar-refractivity contribution >= 4 is 29.1 Å². The third-order valence-corrected chi connectivity index (χ3v) is 8.89. The lowest BCUT2D eigenvalue weighted by molar-refractivity contribution is -0.132. The van der Waals surface area contributed by atoms with E-state index in [1.54, 1.807) is 0 Å². The molecular weight excluding hydrogens is 484 g/mol. The monoisotopic (exact) mass is 512 g/mol. The van der Waals surface area contributed by atoms with Crippen LogP contribution in [-0.4, -0.2) is 17.7 Å². The summed E-state index contributed by atoms with van der Waals surface area (Å²) >= 11 is 0. The van der Waals surface area contributed by atoms with Gasteiger partial charge >= 0.3 is 0 Å². The molecule has 0 spiro atoms. The number of hydrogen-bond acceptors (Lipinski definition) is 3. The molecule has 1 heterocycles. The number of nitrogens with one attached hydrogen (secondary N) is 1. The van der Waals surface area contributed by atoms with Crippen LogP contribution in [0.2, 0.25) is 0 Å². The average Bonchev–Trinajstić information content (AvgIpc) is 3.24. The van der Waals surface area contributed by atoms with Crippen molar-refractivity contribution in [2.45, 2.75) is 31.6 Å². The molecule has 0 aromatic heterocycles. The molecule has 1 N–H and O–H groups in total. The molecule has 1 aliphatic heterocycles. The van der Waals surface area contributed by atoms with Gasteiger partial charge in [-0.05, 0) is 65.4 Å². The molecule has 1 saturated heterocycles. The molecule has 2 unspecified atom stereocenters. The summed E-state index contributed by atoms with van der Waals surface area (Å²) in [6, 6.07) is 30.9. The van der Waals surface area contributed by atoms with Crippen molar-refractivity contribution in [2.24, 2.45) is 11.8 Å². The molecular formula is C34H28N2O3. The Hall–Kier alpha value is -4.51. The van der Waals surface area contributed by atoms with Crippen LogP contribution in [0.3, 0.4) is 0 Å². The van der Waals surface area contributed by atoms with Gasteiger partial charge in [0.1, 0.15) is 5.41 Å². The van der Waals surface area contributed by atoms with Crippen LogP contribution < -0.4 is 10.2 Å². The maximum Gasteiger partial charge on any atom is 0.240 e. The Labute approximate surface area is 227 Å². The molecule has 4 aliphatic rings. The lowest BCUT2D eigenvalue weighted by atomic mass is 9.47. The van der Waals surface area contributed by atoms with Gasteiger partial charge in [0.25, 0.3) is 0 Å². The summed E-state index contributed by atoms with van der Waals surface area (Å²) in [5.41, 5.74) is 5.59. The van der Waals surface area contributed by atoms with E-state index in [0.29, 0.717) is 11.4 Å². The molecule has 0 radical (unpaired) electrons. The standard InChI is InChI=1S/C34H28N2O3/c1-3-21-14-16-22(17-15-21)35-33(39)34-26-10-6-4-8-24(26)28(25-9-5-7-11-27(25)34)29-30(34)32(38)36(31(29)37)23-18-12-20(2)13-19-23/h4-19,28-30H,3H2,1-2H3,(H,35,39). The second-order valence-electron chi connectivity index (χ2n) is 10.8. The third kappa shape index (κ3) is 3.10. The van der Waals surface area contributed by atoms with Gasteiger partial charge in [0.15, 0.2) is 0 Å². The first kappa shape index (κ1) is 23.6. The first-order valence-electron chi connectivity index (χ1n) is 13.5. The molecule has 1 fully saturated rings. The van der Waals surface area contributed by atoms with Crippen LogP contribution in [0.5, 0.6) is 0 Å². The second kappa shape index (κ2) is 8.50. The Kier molecular flexibility index (Phi) is 5.14. The summed E-state index contributed by atoms with van der Waals surface area (Å²) in [4.78, 5) is 44.7. The molecule has 5 heteroatoms. The molecule has 0 saturated carbocycles. The van der Waals surface area contributed by atoms with Crippen molar-refractivity contribution in [3.8, 4) is 0 Å². The minimum atomic E-state index is -1.35. The molecule has 4 aromatic rings. The molecule has 39 heavy (non-hydrogen) atoms. The van der Waals surface area contributed by atoms with Crippen molar-refractivity contribution in [2.75, 3.05) is 10.2 Å². The lowest BCUT2D eigenvalue weighted by Gasteiger charge is -2.52. The number of benzene rings is 4. The first-order chi connectivity index (χ1) is 19.0. The average molecular weight is 513 g/mol. The van der Waals surface area contributed by atoms with E-state index < -0.39 is 17.3 Å². The van der Waals surface area contributed by atoms with E-state index in [1.165, 1.54) is 10.5 Å². The number of hydrogen-bond donors (Lipinski definition) is 1. The summed E-state index contributed by atoms with van der Waals surface area (Å²) < 4.78 is 0. The SMILES string of the molecule is CCc1ccc(NC(=O)C23c4ccccc4C(c4ccccc42)C2C(=O)N(c4ccc(C)cc4)C(=O)C23)cc1. The Morgan fingerprint density at radius 2 is 1.38 bits per heavy atom. The van der Waals surface area contributed by atoms with Crippen LogP contribution in [0, 0.1) is 18.8 Å². The van der Waals surface area contributed by atoms with Gasteiger partial charge in [-0.2, -0.15) is 0 Å². The molecule has 3 amide bonds. The van der Waals surface area contributed by atoms with Gasteiger partial charge in [0.2, 0.25) is 17.7 Å². The summed E-state index contributed by atoms with van der Waals surface area (Å²) in [6.07, 6.45) is 0.898. The Bertz CT molecular complexity index is 1610. The van der Waals surface area contributed by atoms with Gasteiger partial charge in [0.05, 0.1) is 17.5 Å². The highest BCUT2D eigenvalue weighted by Crippen LogP contribution is 2.64. The topological polar surface area (TPSA) is 66.5 Å². The molecule has 2 bridgehead atoms. The highest BCUT2D eigenvalue weighted by Gasteiger charge is 2.71. The maximum absolute atomic E-state index is 14.7. The third-order valence-electron chi connectivity index (χ3n) is 8.89. The summed E-state index contributed by atoms with van der Waals surface area (Å²) in [5.74, 6) is -2.67. The van der Waals surface area contributed by atoms with Crippen molar-refractivity contribution in [1.82, 2.24) is 0 Å². The van der Waals surface area contributed by atoms with Crippen LogP contribution in [0.15, 0.2) is 97.1 Å². The van der Waals surface area contributed by atoms with Crippen LogP contribution in [-0.2, 0) is 26.2 Å². The fraction of sp³-hybridized carbons (Fsp3) is 0.206. The summed E-state index contributed by atoms with van der Waals surface area (Å²) in [6.45, 7) is 4.06. The number of carbonyl (C=O) groups excluding carboxylic acids is 3.